The number of thiazole rings is 1. The minimum Gasteiger partial charge on any atom is -0.323 e. The van der Waals surface area contributed by atoms with Gasteiger partial charge in [-0.25, -0.2) is 4.98 Å². The minimum atomic E-state index is -0.0644. The normalized spacial score (nSPS) is 12.5. The van der Waals surface area contributed by atoms with Gasteiger partial charge in [0.15, 0.2) is 10.9 Å². The summed E-state index contributed by atoms with van der Waals surface area (Å²) >= 11 is 1.51. The van der Waals surface area contributed by atoms with E-state index in [0.29, 0.717) is 5.82 Å². The van der Waals surface area contributed by atoms with E-state index < -0.39 is 0 Å². The summed E-state index contributed by atoms with van der Waals surface area (Å²) in [5.74, 6) is 0.712. The molecule has 0 radical (unpaired) electrons. The number of rotatable bonds is 3. The molecule has 0 saturated heterocycles. The van der Waals surface area contributed by atoms with Gasteiger partial charge in [-0.3, -0.25) is 0 Å². The Morgan fingerprint density at radius 2 is 2.16 bits per heavy atom. The highest BCUT2D eigenvalue weighted by molar-refractivity contribution is 7.13. The molecule has 1 atom stereocenters. The van der Waals surface area contributed by atoms with Crippen molar-refractivity contribution in [1.82, 2.24) is 15.2 Å². The van der Waals surface area contributed by atoms with E-state index in [9.17, 15) is 0 Å². The second-order valence-electron chi connectivity index (χ2n) is 4.27. The fraction of sp³-hybridized carbons (Fsp3) is 0.154. The molecule has 3 rings (SSSR count). The average molecular weight is 271 g/mol. The fourth-order valence-corrected chi connectivity index (χ4v) is 2.59. The van der Waals surface area contributed by atoms with Crippen LogP contribution in [-0.4, -0.2) is 15.2 Å². The first-order valence-electron chi connectivity index (χ1n) is 5.92. The van der Waals surface area contributed by atoms with Gasteiger partial charge < -0.3 is 11.1 Å². The number of fused-ring (bicyclic) bond motifs is 1. The number of benzene rings is 1. The maximum atomic E-state index is 5.80. The summed E-state index contributed by atoms with van der Waals surface area (Å²) in [4.78, 5) is 4.43. The van der Waals surface area contributed by atoms with Gasteiger partial charge >= 0.3 is 0 Å². The molecular weight excluding hydrogens is 258 g/mol. The van der Waals surface area contributed by atoms with Crippen LogP contribution in [-0.2, 0) is 0 Å². The summed E-state index contributed by atoms with van der Waals surface area (Å²) in [5, 5.41) is 16.1. The number of hydrogen-bond donors (Lipinski definition) is 2. The quantitative estimate of drug-likeness (QED) is 0.766. The van der Waals surface area contributed by atoms with Crippen LogP contribution in [0.2, 0.25) is 0 Å². The fourth-order valence-electron chi connectivity index (χ4n) is 1.77. The Kier molecular flexibility index (Phi) is 3.10. The van der Waals surface area contributed by atoms with E-state index in [0.717, 1.165) is 21.6 Å². The number of nitrogens with zero attached hydrogens (tertiary/aromatic N) is 3. The Morgan fingerprint density at radius 1 is 1.32 bits per heavy atom. The lowest BCUT2D eigenvalue weighted by Gasteiger charge is -2.04. The average Bonchev–Trinajstić information content (AvgIpc) is 2.88. The van der Waals surface area contributed by atoms with Gasteiger partial charge in [0.2, 0.25) is 0 Å². The monoisotopic (exact) mass is 271 g/mol. The van der Waals surface area contributed by atoms with Crippen molar-refractivity contribution in [2.24, 2.45) is 5.73 Å². The summed E-state index contributed by atoms with van der Waals surface area (Å²) < 4.78 is 0. The van der Waals surface area contributed by atoms with Gasteiger partial charge in [0.05, 0.1) is 11.9 Å². The first-order valence-corrected chi connectivity index (χ1v) is 6.80. The van der Waals surface area contributed by atoms with Crippen molar-refractivity contribution in [3.05, 3.63) is 41.5 Å². The number of anilines is 2. The number of aromatic nitrogens is 3. The summed E-state index contributed by atoms with van der Waals surface area (Å²) in [7, 11) is 0. The molecule has 0 amide bonds. The molecule has 3 aromatic rings. The first-order chi connectivity index (χ1) is 9.24. The predicted molar refractivity (Wildman–Crippen MR) is 77.5 cm³/mol. The van der Waals surface area contributed by atoms with Crippen LogP contribution in [0.15, 0.2) is 35.8 Å². The third-order valence-electron chi connectivity index (χ3n) is 2.78. The zero-order chi connectivity index (χ0) is 13.2. The van der Waals surface area contributed by atoms with Crippen molar-refractivity contribution in [2.45, 2.75) is 13.0 Å². The lowest BCUT2D eigenvalue weighted by Crippen LogP contribution is -2.05. The van der Waals surface area contributed by atoms with Crippen molar-refractivity contribution < 1.29 is 0 Å². The second-order valence-corrected chi connectivity index (χ2v) is 5.13. The van der Waals surface area contributed by atoms with Crippen molar-refractivity contribution in [3.8, 4) is 0 Å². The molecule has 0 fully saturated rings. The highest BCUT2D eigenvalue weighted by Gasteiger charge is 2.08. The predicted octanol–water partition coefficient (Wildman–Crippen LogP) is 2.85. The summed E-state index contributed by atoms with van der Waals surface area (Å²) in [5.41, 5.74) is 6.68. The van der Waals surface area contributed by atoms with Crippen LogP contribution in [0.5, 0.6) is 0 Å². The molecule has 0 saturated carbocycles. The number of nitrogens with two attached hydrogens (primary N) is 1. The zero-order valence-corrected chi connectivity index (χ0v) is 11.2. The van der Waals surface area contributed by atoms with Crippen LogP contribution in [0.4, 0.5) is 10.9 Å². The highest BCUT2D eigenvalue weighted by Crippen LogP contribution is 2.26. The van der Waals surface area contributed by atoms with E-state index in [4.69, 9.17) is 5.73 Å². The summed E-state index contributed by atoms with van der Waals surface area (Å²) in [6.07, 6.45) is 1.75. The minimum absolute atomic E-state index is 0.0644. The molecule has 0 aliphatic heterocycles. The van der Waals surface area contributed by atoms with E-state index in [-0.39, 0.29) is 6.04 Å². The zero-order valence-electron chi connectivity index (χ0n) is 10.4. The van der Waals surface area contributed by atoms with Crippen LogP contribution in [0.3, 0.4) is 0 Å². The molecule has 0 spiro atoms. The third-order valence-corrected chi connectivity index (χ3v) is 3.56. The molecule has 1 aromatic carbocycles. The molecule has 19 heavy (non-hydrogen) atoms. The maximum absolute atomic E-state index is 5.80. The van der Waals surface area contributed by atoms with Gasteiger partial charge in [0.1, 0.15) is 0 Å². The topological polar surface area (TPSA) is 76.7 Å². The van der Waals surface area contributed by atoms with E-state index in [1.165, 1.54) is 11.3 Å². The van der Waals surface area contributed by atoms with Crippen LogP contribution in [0.1, 0.15) is 18.7 Å². The lowest BCUT2D eigenvalue weighted by molar-refractivity contribution is 0.790. The molecule has 0 bridgehead atoms. The SMILES string of the molecule is CC(N)c1csc(Nc2nncc3ccccc23)n1. The molecular formula is C13H13N5S. The largest absolute Gasteiger partial charge is 0.323 e. The van der Waals surface area contributed by atoms with E-state index >= 15 is 0 Å². The van der Waals surface area contributed by atoms with Gasteiger partial charge in [0.25, 0.3) is 0 Å². The van der Waals surface area contributed by atoms with Gasteiger partial charge in [-0.15, -0.1) is 16.4 Å². The Hall–Kier alpha value is -2.05. The Balaban J connectivity index is 1.96. The molecule has 1 unspecified atom stereocenters. The molecule has 2 heterocycles. The summed E-state index contributed by atoms with van der Waals surface area (Å²) in [6, 6.07) is 7.90. The van der Waals surface area contributed by atoms with Gasteiger partial charge in [-0.2, -0.15) is 5.10 Å². The smallest absolute Gasteiger partial charge is 0.188 e. The van der Waals surface area contributed by atoms with Gasteiger partial charge in [-0.1, -0.05) is 24.3 Å². The summed E-state index contributed by atoms with van der Waals surface area (Å²) in [6.45, 7) is 1.91. The Bertz CT molecular complexity index is 702. The molecule has 0 aliphatic rings. The molecule has 5 nitrogen and oxygen atoms in total. The first kappa shape index (κ1) is 12.0. The van der Waals surface area contributed by atoms with E-state index in [1.807, 2.05) is 36.6 Å². The number of hydrogen-bond acceptors (Lipinski definition) is 6. The maximum Gasteiger partial charge on any atom is 0.188 e. The van der Waals surface area contributed by atoms with Crippen LogP contribution >= 0.6 is 11.3 Å². The van der Waals surface area contributed by atoms with Crippen LogP contribution < -0.4 is 11.1 Å². The Morgan fingerprint density at radius 3 is 2.95 bits per heavy atom. The van der Waals surface area contributed by atoms with E-state index in [1.54, 1.807) is 6.20 Å². The molecule has 2 aromatic heterocycles. The van der Waals surface area contributed by atoms with Crippen LogP contribution in [0, 0.1) is 0 Å². The van der Waals surface area contributed by atoms with Crippen molar-refractivity contribution in [2.75, 3.05) is 5.32 Å². The van der Waals surface area contributed by atoms with Crippen molar-refractivity contribution in [1.29, 1.82) is 0 Å². The van der Waals surface area contributed by atoms with Gasteiger partial charge in [-0.05, 0) is 6.92 Å². The second kappa shape index (κ2) is 4.91. The molecule has 3 N–H and O–H groups in total. The molecule has 0 aliphatic carbocycles. The Labute approximate surface area is 114 Å². The van der Waals surface area contributed by atoms with Crippen LogP contribution in [0.25, 0.3) is 10.8 Å². The standard InChI is InChI=1S/C13H13N5S/c1-8(14)11-7-19-13(16-11)17-12-10-5-3-2-4-9(10)6-15-18-12/h2-8H,14H2,1H3,(H,16,17,18). The highest BCUT2D eigenvalue weighted by atomic mass is 32.1. The third kappa shape index (κ3) is 2.40. The molecule has 6 heteroatoms. The van der Waals surface area contributed by atoms with Crippen molar-refractivity contribution >= 4 is 33.1 Å². The lowest BCUT2D eigenvalue weighted by atomic mass is 10.2. The van der Waals surface area contributed by atoms with Crippen molar-refractivity contribution in [3.63, 3.8) is 0 Å². The van der Waals surface area contributed by atoms with E-state index in [2.05, 4.69) is 20.5 Å². The van der Waals surface area contributed by atoms with Gasteiger partial charge in [0, 0.05) is 22.2 Å². The molecule has 96 valence electrons. The number of nitrogens with one attached hydrogen (secondary N) is 1.